The smallest absolute Gasteiger partial charge is 0.159 e. The van der Waals surface area contributed by atoms with Crippen LogP contribution < -0.4 is 0 Å². The van der Waals surface area contributed by atoms with Crippen molar-refractivity contribution >= 4 is 22.1 Å². The van der Waals surface area contributed by atoms with Gasteiger partial charge in [-0.05, 0) is 47.2 Å². The maximum Gasteiger partial charge on any atom is 0.159 e. The lowest BCUT2D eigenvalue weighted by Gasteiger charge is -2.22. The molecule has 0 N–H and O–H groups in total. The molecule has 0 fully saturated rings. The van der Waals surface area contributed by atoms with Gasteiger partial charge in [-0.3, -0.25) is 0 Å². The van der Waals surface area contributed by atoms with E-state index in [9.17, 15) is 0 Å². The molecule has 5 rings (SSSR count). The van der Waals surface area contributed by atoms with Crippen LogP contribution in [0.4, 0.5) is 0 Å². The van der Waals surface area contributed by atoms with Gasteiger partial charge < -0.3 is 9.13 Å². The predicted molar refractivity (Wildman–Crippen MR) is 141 cm³/mol. The first-order valence-electron chi connectivity index (χ1n) is 12.0. The van der Waals surface area contributed by atoms with Gasteiger partial charge in [-0.1, -0.05) is 71.9 Å². The molecule has 34 heavy (non-hydrogen) atoms. The number of rotatable bonds is 4. The average molecular weight is 452 g/mol. The van der Waals surface area contributed by atoms with Gasteiger partial charge in [0, 0.05) is 13.1 Å². The molecule has 0 atom stereocenters. The summed E-state index contributed by atoms with van der Waals surface area (Å²) in [5.74, 6) is 1.80. The molecule has 0 amide bonds. The molecule has 3 heterocycles. The van der Waals surface area contributed by atoms with E-state index < -0.39 is 0 Å². The third-order valence-electron chi connectivity index (χ3n) is 5.78. The number of nitrogens with zero attached hydrogens (tertiary/aromatic N) is 5. The third kappa shape index (κ3) is 4.35. The van der Waals surface area contributed by atoms with Crippen molar-refractivity contribution in [2.24, 2.45) is 10.8 Å². The van der Waals surface area contributed by atoms with Crippen molar-refractivity contribution in [3.8, 4) is 23.0 Å². The number of aromatic nitrogens is 5. The Hall–Kier alpha value is -3.47. The molecule has 0 aliphatic heterocycles. The lowest BCUT2D eigenvalue weighted by Crippen LogP contribution is -2.17. The number of imidazole rings is 2. The van der Waals surface area contributed by atoms with Gasteiger partial charge in [0.2, 0.25) is 0 Å². The molecular formula is C29H33N5. The minimum absolute atomic E-state index is 0.108. The zero-order chi connectivity index (χ0) is 24.1. The fourth-order valence-electron chi connectivity index (χ4n) is 4.49. The van der Waals surface area contributed by atoms with Gasteiger partial charge in [0.1, 0.15) is 11.4 Å². The van der Waals surface area contributed by atoms with Gasteiger partial charge in [0.05, 0.1) is 22.1 Å². The Kier molecular flexibility index (Phi) is 5.31. The highest BCUT2D eigenvalue weighted by Crippen LogP contribution is 2.31. The lowest BCUT2D eigenvalue weighted by atomic mass is 9.96. The molecule has 5 aromatic rings. The van der Waals surface area contributed by atoms with E-state index in [0.717, 1.165) is 58.2 Å². The van der Waals surface area contributed by atoms with E-state index in [4.69, 9.17) is 15.0 Å². The molecule has 174 valence electrons. The molecule has 0 bridgehead atoms. The summed E-state index contributed by atoms with van der Waals surface area (Å²) in [4.78, 5) is 15.1. The number of hydrogen-bond acceptors (Lipinski definition) is 3. The molecule has 0 radical (unpaired) electrons. The van der Waals surface area contributed by atoms with Gasteiger partial charge in [-0.25, -0.2) is 15.0 Å². The lowest BCUT2D eigenvalue weighted by molar-refractivity contribution is 0.350. The normalized spacial score (nSPS) is 12.6. The Labute approximate surface area is 201 Å². The standard InChI is InChI=1S/C29H33N5/c1-28(2,3)18-33-24-16-9-7-12-20(24)31-26(33)22-14-11-15-23(30-22)27-32-21-13-8-10-17-25(21)34(27)19-29(4,5)6/h7-17H,18-19H2,1-6H3. The quantitative estimate of drug-likeness (QED) is 0.290. The topological polar surface area (TPSA) is 48.5 Å². The van der Waals surface area contributed by atoms with E-state index in [0.29, 0.717) is 0 Å². The van der Waals surface area contributed by atoms with Crippen molar-refractivity contribution < 1.29 is 0 Å². The van der Waals surface area contributed by atoms with Crippen molar-refractivity contribution in [3.63, 3.8) is 0 Å². The molecular weight excluding hydrogens is 418 g/mol. The monoisotopic (exact) mass is 451 g/mol. The van der Waals surface area contributed by atoms with Gasteiger partial charge >= 0.3 is 0 Å². The summed E-state index contributed by atoms with van der Waals surface area (Å²) in [6.07, 6.45) is 0. The van der Waals surface area contributed by atoms with Crippen LogP contribution in [0.15, 0.2) is 66.7 Å². The highest BCUT2D eigenvalue weighted by Gasteiger charge is 2.22. The van der Waals surface area contributed by atoms with Crippen molar-refractivity contribution in [3.05, 3.63) is 66.7 Å². The summed E-state index contributed by atoms with van der Waals surface area (Å²) in [6.45, 7) is 15.2. The second kappa shape index (κ2) is 8.08. The van der Waals surface area contributed by atoms with Crippen molar-refractivity contribution in [2.75, 3.05) is 0 Å². The highest BCUT2D eigenvalue weighted by atomic mass is 15.1. The molecule has 0 saturated carbocycles. The van der Waals surface area contributed by atoms with Crippen LogP contribution in [0.25, 0.3) is 45.1 Å². The minimum atomic E-state index is 0.108. The Morgan fingerprint density at radius 1 is 0.529 bits per heavy atom. The molecule has 3 aromatic heterocycles. The third-order valence-corrected chi connectivity index (χ3v) is 5.78. The summed E-state index contributed by atoms with van der Waals surface area (Å²) < 4.78 is 4.61. The number of para-hydroxylation sites is 4. The second-order valence-electron chi connectivity index (χ2n) is 11.5. The highest BCUT2D eigenvalue weighted by molar-refractivity contribution is 5.82. The van der Waals surface area contributed by atoms with Crippen LogP contribution in [0.2, 0.25) is 0 Å². The molecule has 0 aliphatic carbocycles. The SMILES string of the molecule is CC(C)(C)Cn1c(-c2cccc(-c3nc4ccccc4n3CC(C)(C)C)n2)nc2ccccc21. The van der Waals surface area contributed by atoms with Crippen LogP contribution in [0.5, 0.6) is 0 Å². The fraction of sp³-hybridized carbons (Fsp3) is 0.345. The number of fused-ring (bicyclic) bond motifs is 2. The molecule has 0 aliphatic rings. The van der Waals surface area contributed by atoms with E-state index in [-0.39, 0.29) is 10.8 Å². The van der Waals surface area contributed by atoms with Crippen molar-refractivity contribution in [2.45, 2.75) is 54.6 Å². The Morgan fingerprint density at radius 3 is 1.35 bits per heavy atom. The first-order chi connectivity index (χ1) is 16.1. The van der Waals surface area contributed by atoms with E-state index in [1.165, 1.54) is 0 Å². The van der Waals surface area contributed by atoms with Gasteiger partial charge in [0.15, 0.2) is 11.6 Å². The number of benzene rings is 2. The van der Waals surface area contributed by atoms with Gasteiger partial charge in [-0.2, -0.15) is 0 Å². The van der Waals surface area contributed by atoms with Crippen molar-refractivity contribution in [1.82, 2.24) is 24.1 Å². The molecule has 0 spiro atoms. The maximum atomic E-state index is 5.12. The minimum Gasteiger partial charge on any atom is -0.322 e. The van der Waals surface area contributed by atoms with Crippen LogP contribution in [0.3, 0.4) is 0 Å². The number of pyridine rings is 1. The molecule has 5 nitrogen and oxygen atoms in total. The maximum absolute atomic E-state index is 5.12. The zero-order valence-electron chi connectivity index (χ0n) is 21.0. The van der Waals surface area contributed by atoms with E-state index >= 15 is 0 Å². The molecule has 5 heteroatoms. The van der Waals surface area contributed by atoms with Crippen LogP contribution >= 0.6 is 0 Å². The van der Waals surface area contributed by atoms with Crippen LogP contribution in [-0.2, 0) is 13.1 Å². The summed E-state index contributed by atoms with van der Waals surface area (Å²) in [5.41, 5.74) is 6.22. The van der Waals surface area contributed by atoms with Crippen LogP contribution in [0.1, 0.15) is 41.5 Å². The Balaban J connectivity index is 1.68. The fourth-order valence-corrected chi connectivity index (χ4v) is 4.49. The van der Waals surface area contributed by atoms with Gasteiger partial charge in [-0.15, -0.1) is 0 Å². The first-order valence-corrected chi connectivity index (χ1v) is 12.0. The first kappa shape index (κ1) is 22.3. The van der Waals surface area contributed by atoms with Gasteiger partial charge in [0.25, 0.3) is 0 Å². The second-order valence-corrected chi connectivity index (χ2v) is 11.5. The summed E-state index contributed by atoms with van der Waals surface area (Å²) >= 11 is 0. The largest absolute Gasteiger partial charge is 0.322 e. The van der Waals surface area contributed by atoms with Crippen LogP contribution in [0, 0.1) is 10.8 Å². The Bertz CT molecular complexity index is 1370. The average Bonchev–Trinajstić information content (AvgIpc) is 3.31. The molecule has 0 saturated heterocycles. The number of hydrogen-bond donors (Lipinski definition) is 0. The van der Waals surface area contributed by atoms with E-state index in [2.05, 4.69) is 105 Å². The Morgan fingerprint density at radius 2 is 0.941 bits per heavy atom. The summed E-state index contributed by atoms with van der Waals surface area (Å²) in [7, 11) is 0. The van der Waals surface area contributed by atoms with Crippen molar-refractivity contribution in [1.29, 1.82) is 0 Å². The van der Waals surface area contributed by atoms with E-state index in [1.807, 2.05) is 12.1 Å². The predicted octanol–water partition coefficient (Wildman–Crippen LogP) is 7.21. The summed E-state index contributed by atoms with van der Waals surface area (Å²) in [5, 5.41) is 0. The molecule has 0 unspecified atom stereocenters. The van der Waals surface area contributed by atoms with E-state index in [1.54, 1.807) is 0 Å². The van der Waals surface area contributed by atoms with Crippen LogP contribution in [-0.4, -0.2) is 24.1 Å². The summed E-state index contributed by atoms with van der Waals surface area (Å²) in [6, 6.07) is 22.8. The zero-order valence-corrected chi connectivity index (χ0v) is 21.0. The molecule has 2 aromatic carbocycles.